The van der Waals surface area contributed by atoms with Crippen LogP contribution in [0.4, 0.5) is 0 Å². The fourth-order valence-electron chi connectivity index (χ4n) is 2.49. The van der Waals surface area contributed by atoms with E-state index in [1.54, 1.807) is 0 Å². The van der Waals surface area contributed by atoms with Gasteiger partial charge in [-0.1, -0.05) is 26.0 Å². The highest BCUT2D eigenvalue weighted by Gasteiger charge is 2.07. The average molecular weight is 274 g/mol. The highest BCUT2D eigenvalue weighted by atomic mass is 16.5. The van der Waals surface area contributed by atoms with Crippen molar-refractivity contribution in [3.8, 4) is 0 Å². The Bertz CT molecular complexity index is 543. The molecule has 0 fully saturated rings. The van der Waals surface area contributed by atoms with Crippen molar-refractivity contribution < 1.29 is 4.74 Å². The number of hydrogen-bond acceptors (Lipinski definition) is 2. The molecule has 2 aromatic rings. The Hall–Kier alpha value is -1.32. The number of benzene rings is 1. The summed E-state index contributed by atoms with van der Waals surface area (Å²) in [4.78, 5) is 0. The normalized spacial score (nSPS) is 13.2. The maximum absolute atomic E-state index is 5.92. The van der Waals surface area contributed by atoms with Crippen molar-refractivity contribution in [2.45, 2.75) is 39.8 Å². The second-order valence-corrected chi connectivity index (χ2v) is 6.01. The second kappa shape index (κ2) is 6.91. The molecule has 0 spiro atoms. The lowest BCUT2D eigenvalue weighted by molar-refractivity contribution is 0.104. The molecule has 0 aliphatic rings. The van der Waals surface area contributed by atoms with Gasteiger partial charge in [0.2, 0.25) is 0 Å². The third-order valence-corrected chi connectivity index (χ3v) is 3.37. The van der Waals surface area contributed by atoms with Crippen LogP contribution < -0.4 is 5.73 Å². The Kier molecular flexibility index (Phi) is 5.21. The minimum absolute atomic E-state index is 0.193. The first-order chi connectivity index (χ1) is 9.58. The SMILES string of the molecule is CC(C)COCCn1ccc2c(CC(C)N)cccc21. The number of aromatic nitrogens is 1. The third-order valence-electron chi connectivity index (χ3n) is 3.37. The number of fused-ring (bicyclic) bond motifs is 1. The Morgan fingerprint density at radius 2 is 2.00 bits per heavy atom. The lowest BCUT2D eigenvalue weighted by Crippen LogP contribution is -2.17. The molecule has 0 amide bonds. The van der Waals surface area contributed by atoms with Gasteiger partial charge in [0.05, 0.1) is 6.61 Å². The molecule has 110 valence electrons. The van der Waals surface area contributed by atoms with Crippen LogP contribution in [0.15, 0.2) is 30.5 Å². The van der Waals surface area contributed by atoms with Crippen LogP contribution >= 0.6 is 0 Å². The predicted molar refractivity (Wildman–Crippen MR) is 84.9 cm³/mol. The van der Waals surface area contributed by atoms with Crippen molar-refractivity contribution >= 4 is 10.9 Å². The van der Waals surface area contributed by atoms with E-state index >= 15 is 0 Å². The van der Waals surface area contributed by atoms with Gasteiger partial charge in [-0.05, 0) is 37.0 Å². The number of ether oxygens (including phenoxy) is 1. The van der Waals surface area contributed by atoms with E-state index < -0.39 is 0 Å². The van der Waals surface area contributed by atoms with Gasteiger partial charge in [0.15, 0.2) is 0 Å². The third kappa shape index (κ3) is 3.84. The number of nitrogens with two attached hydrogens (primary N) is 1. The van der Waals surface area contributed by atoms with Crippen molar-refractivity contribution in [1.29, 1.82) is 0 Å². The highest BCUT2D eigenvalue weighted by molar-refractivity contribution is 5.83. The van der Waals surface area contributed by atoms with E-state index in [9.17, 15) is 0 Å². The van der Waals surface area contributed by atoms with Crippen LogP contribution in [0.3, 0.4) is 0 Å². The topological polar surface area (TPSA) is 40.2 Å². The van der Waals surface area contributed by atoms with E-state index in [-0.39, 0.29) is 6.04 Å². The van der Waals surface area contributed by atoms with Gasteiger partial charge in [-0.3, -0.25) is 0 Å². The Balaban J connectivity index is 2.08. The van der Waals surface area contributed by atoms with Crippen LogP contribution in [-0.2, 0) is 17.7 Å². The van der Waals surface area contributed by atoms with Crippen molar-refractivity contribution in [1.82, 2.24) is 4.57 Å². The summed E-state index contributed by atoms with van der Waals surface area (Å²) >= 11 is 0. The van der Waals surface area contributed by atoms with E-state index in [2.05, 4.69) is 55.8 Å². The van der Waals surface area contributed by atoms with Crippen LogP contribution in [0.25, 0.3) is 10.9 Å². The molecule has 0 saturated carbocycles. The molecule has 2 N–H and O–H groups in total. The van der Waals surface area contributed by atoms with Gasteiger partial charge in [0.25, 0.3) is 0 Å². The van der Waals surface area contributed by atoms with Gasteiger partial charge in [0, 0.05) is 36.3 Å². The molecule has 2 rings (SSSR count). The molecule has 0 saturated heterocycles. The number of rotatable bonds is 7. The summed E-state index contributed by atoms with van der Waals surface area (Å²) in [5.74, 6) is 0.592. The molecule has 1 atom stereocenters. The van der Waals surface area contributed by atoms with Gasteiger partial charge >= 0.3 is 0 Å². The largest absolute Gasteiger partial charge is 0.379 e. The zero-order valence-electron chi connectivity index (χ0n) is 12.8. The molecule has 20 heavy (non-hydrogen) atoms. The Labute approximate surface area is 121 Å². The van der Waals surface area contributed by atoms with Crippen LogP contribution in [0, 0.1) is 5.92 Å². The van der Waals surface area contributed by atoms with Crippen molar-refractivity contribution in [2.24, 2.45) is 11.7 Å². The summed E-state index contributed by atoms with van der Waals surface area (Å²) in [6, 6.07) is 8.84. The van der Waals surface area contributed by atoms with Gasteiger partial charge in [-0.2, -0.15) is 0 Å². The van der Waals surface area contributed by atoms with Crippen molar-refractivity contribution in [3.63, 3.8) is 0 Å². The van der Waals surface area contributed by atoms with E-state index in [0.29, 0.717) is 5.92 Å². The average Bonchev–Trinajstić information content (AvgIpc) is 2.78. The molecule has 0 aliphatic heterocycles. The van der Waals surface area contributed by atoms with Crippen LogP contribution in [0.2, 0.25) is 0 Å². The van der Waals surface area contributed by atoms with Crippen molar-refractivity contribution in [2.75, 3.05) is 13.2 Å². The fourth-order valence-corrected chi connectivity index (χ4v) is 2.49. The summed E-state index contributed by atoms with van der Waals surface area (Å²) in [7, 11) is 0. The zero-order chi connectivity index (χ0) is 14.5. The molecule has 0 bridgehead atoms. The molecular formula is C17H26N2O. The molecule has 1 heterocycles. The number of hydrogen-bond donors (Lipinski definition) is 1. The minimum atomic E-state index is 0.193. The smallest absolute Gasteiger partial charge is 0.0645 e. The Morgan fingerprint density at radius 1 is 1.20 bits per heavy atom. The number of nitrogens with zero attached hydrogens (tertiary/aromatic N) is 1. The minimum Gasteiger partial charge on any atom is -0.379 e. The summed E-state index contributed by atoms with van der Waals surface area (Å²) in [5.41, 5.74) is 8.53. The first kappa shape index (κ1) is 15.1. The van der Waals surface area contributed by atoms with E-state index in [1.165, 1.54) is 16.5 Å². The van der Waals surface area contributed by atoms with Gasteiger partial charge in [-0.15, -0.1) is 0 Å². The van der Waals surface area contributed by atoms with E-state index in [1.807, 2.05) is 0 Å². The maximum Gasteiger partial charge on any atom is 0.0645 e. The van der Waals surface area contributed by atoms with Gasteiger partial charge in [-0.25, -0.2) is 0 Å². The first-order valence-corrected chi connectivity index (χ1v) is 7.48. The molecule has 1 aromatic heterocycles. The standard InChI is InChI=1S/C17H26N2O/c1-13(2)12-20-10-9-19-8-7-16-15(11-14(3)18)5-4-6-17(16)19/h4-8,13-14H,9-12,18H2,1-3H3. The van der Waals surface area contributed by atoms with Gasteiger partial charge < -0.3 is 15.0 Å². The molecule has 1 aromatic carbocycles. The van der Waals surface area contributed by atoms with Crippen LogP contribution in [0.1, 0.15) is 26.3 Å². The predicted octanol–water partition coefficient (Wildman–Crippen LogP) is 3.20. The monoisotopic (exact) mass is 274 g/mol. The lowest BCUT2D eigenvalue weighted by atomic mass is 10.0. The van der Waals surface area contributed by atoms with Gasteiger partial charge in [0.1, 0.15) is 0 Å². The molecular weight excluding hydrogens is 248 g/mol. The summed E-state index contributed by atoms with van der Waals surface area (Å²) in [6.07, 6.45) is 3.07. The fraction of sp³-hybridized carbons (Fsp3) is 0.529. The second-order valence-electron chi connectivity index (χ2n) is 6.01. The summed E-state index contributed by atoms with van der Waals surface area (Å²) in [6.45, 7) is 8.89. The molecule has 3 heteroatoms. The van der Waals surface area contributed by atoms with Crippen LogP contribution in [0.5, 0.6) is 0 Å². The molecule has 0 aliphatic carbocycles. The van der Waals surface area contributed by atoms with E-state index in [0.717, 1.165) is 26.2 Å². The maximum atomic E-state index is 5.92. The van der Waals surface area contributed by atoms with Crippen LogP contribution in [-0.4, -0.2) is 23.8 Å². The van der Waals surface area contributed by atoms with Crippen molar-refractivity contribution in [3.05, 3.63) is 36.0 Å². The zero-order valence-corrected chi connectivity index (χ0v) is 12.8. The molecule has 1 unspecified atom stereocenters. The summed E-state index contributed by atoms with van der Waals surface area (Å²) in [5, 5.41) is 1.31. The first-order valence-electron chi connectivity index (χ1n) is 7.48. The molecule has 3 nitrogen and oxygen atoms in total. The van der Waals surface area contributed by atoms with E-state index in [4.69, 9.17) is 10.5 Å². The summed E-state index contributed by atoms with van der Waals surface area (Å²) < 4.78 is 7.94. The lowest BCUT2D eigenvalue weighted by Gasteiger charge is -2.10. The molecule has 0 radical (unpaired) electrons. The Morgan fingerprint density at radius 3 is 2.70 bits per heavy atom. The highest BCUT2D eigenvalue weighted by Crippen LogP contribution is 2.21. The quantitative estimate of drug-likeness (QED) is 0.788.